The Bertz CT molecular complexity index is 904. The maximum Gasteiger partial charge on any atom is 0.410 e. The number of nitrogens with zero attached hydrogens (tertiary/aromatic N) is 2. The minimum Gasteiger partial charge on any atom is -0.497 e. The zero-order valence-corrected chi connectivity index (χ0v) is 16.6. The number of fused-ring (bicyclic) bond motifs is 1. The number of aromatic nitrogens is 1. The Balaban J connectivity index is 1.65. The van der Waals surface area contributed by atoms with Gasteiger partial charge < -0.3 is 24.3 Å². The highest BCUT2D eigenvalue weighted by molar-refractivity contribution is 6.44. The molecule has 150 valence electrons. The molecule has 1 aromatic heterocycles. The Morgan fingerprint density at radius 3 is 2.29 bits per heavy atom. The highest BCUT2D eigenvalue weighted by Crippen LogP contribution is 2.24. The van der Waals surface area contributed by atoms with Gasteiger partial charge in [-0.15, -0.1) is 0 Å². The lowest BCUT2D eigenvalue weighted by Crippen LogP contribution is -2.53. The second kappa shape index (κ2) is 7.53. The summed E-state index contributed by atoms with van der Waals surface area (Å²) in [5, 5.41) is 0.673. The van der Waals surface area contributed by atoms with Gasteiger partial charge in [-0.2, -0.15) is 0 Å². The third-order valence-corrected chi connectivity index (χ3v) is 4.55. The number of carbonyl (C=O) groups is 3. The van der Waals surface area contributed by atoms with Crippen LogP contribution in [0.15, 0.2) is 24.4 Å². The Hall–Kier alpha value is -3.03. The van der Waals surface area contributed by atoms with Crippen LogP contribution in [0, 0.1) is 0 Å². The first-order chi connectivity index (χ1) is 13.2. The van der Waals surface area contributed by atoms with Crippen LogP contribution in [0.3, 0.4) is 0 Å². The number of aromatic amines is 1. The fourth-order valence-electron chi connectivity index (χ4n) is 3.10. The van der Waals surface area contributed by atoms with E-state index in [1.807, 2.05) is 0 Å². The minimum absolute atomic E-state index is 0.292. The first-order valence-electron chi connectivity index (χ1n) is 9.16. The third kappa shape index (κ3) is 4.11. The van der Waals surface area contributed by atoms with Crippen molar-refractivity contribution < 1.29 is 23.9 Å². The molecule has 1 aromatic carbocycles. The van der Waals surface area contributed by atoms with Crippen LogP contribution in [0.4, 0.5) is 4.79 Å². The summed E-state index contributed by atoms with van der Waals surface area (Å²) in [6.45, 7) is 6.67. The first kappa shape index (κ1) is 19.7. The number of hydrogen-bond donors (Lipinski definition) is 1. The molecule has 28 heavy (non-hydrogen) atoms. The summed E-state index contributed by atoms with van der Waals surface area (Å²) in [6.07, 6.45) is 1.14. The Morgan fingerprint density at radius 2 is 1.68 bits per heavy atom. The van der Waals surface area contributed by atoms with Gasteiger partial charge in [-0.25, -0.2) is 4.79 Å². The standard InChI is InChI=1S/C20H25N3O5/c1-20(2,3)28-19(26)23-9-7-22(8-10-23)18(25)17(24)15-12-21-16-11-13(27-4)5-6-14(15)16/h5-6,11-12,21H,7-10H2,1-4H3. The lowest BCUT2D eigenvalue weighted by molar-refractivity contribution is -0.128. The van der Waals surface area contributed by atoms with Crippen molar-refractivity contribution in [1.29, 1.82) is 0 Å². The number of amides is 2. The van der Waals surface area contributed by atoms with E-state index >= 15 is 0 Å². The lowest BCUT2D eigenvalue weighted by atomic mass is 10.1. The number of ketones is 1. The molecule has 1 saturated heterocycles. The normalized spacial score (nSPS) is 14.9. The quantitative estimate of drug-likeness (QED) is 0.645. The molecule has 3 rings (SSSR count). The number of Topliss-reactive ketones (excluding diaryl/α,β-unsaturated/α-hetero) is 1. The van der Waals surface area contributed by atoms with Crippen molar-refractivity contribution in [2.45, 2.75) is 26.4 Å². The summed E-state index contributed by atoms with van der Waals surface area (Å²) >= 11 is 0. The smallest absolute Gasteiger partial charge is 0.410 e. The van der Waals surface area contributed by atoms with E-state index in [-0.39, 0.29) is 0 Å². The average Bonchev–Trinajstić information content (AvgIpc) is 3.08. The minimum atomic E-state index is -0.571. The Kier molecular flexibility index (Phi) is 5.31. The Labute approximate surface area is 163 Å². The molecule has 0 atom stereocenters. The van der Waals surface area contributed by atoms with E-state index in [9.17, 15) is 14.4 Å². The maximum atomic E-state index is 12.7. The molecule has 8 nitrogen and oxygen atoms in total. The van der Waals surface area contributed by atoms with E-state index in [4.69, 9.17) is 9.47 Å². The van der Waals surface area contributed by atoms with Gasteiger partial charge >= 0.3 is 6.09 Å². The number of hydrogen-bond acceptors (Lipinski definition) is 5. The molecule has 8 heteroatoms. The third-order valence-electron chi connectivity index (χ3n) is 4.55. The van der Waals surface area contributed by atoms with Crippen molar-refractivity contribution in [3.63, 3.8) is 0 Å². The first-order valence-corrected chi connectivity index (χ1v) is 9.16. The summed E-state index contributed by atoms with van der Waals surface area (Å²) < 4.78 is 10.5. The van der Waals surface area contributed by atoms with Gasteiger partial charge in [0.05, 0.1) is 12.7 Å². The van der Waals surface area contributed by atoms with Crippen LogP contribution in [-0.2, 0) is 9.53 Å². The topological polar surface area (TPSA) is 91.9 Å². The summed E-state index contributed by atoms with van der Waals surface area (Å²) in [5.41, 5.74) is 0.486. The second-order valence-corrected chi connectivity index (χ2v) is 7.70. The highest BCUT2D eigenvalue weighted by Gasteiger charge is 2.31. The number of H-pyrrole nitrogens is 1. The highest BCUT2D eigenvalue weighted by atomic mass is 16.6. The molecule has 2 heterocycles. The summed E-state index contributed by atoms with van der Waals surface area (Å²) in [6, 6.07) is 5.28. The van der Waals surface area contributed by atoms with E-state index in [1.54, 1.807) is 57.2 Å². The van der Waals surface area contributed by atoms with E-state index in [2.05, 4.69) is 4.98 Å². The number of methoxy groups -OCH3 is 1. The van der Waals surface area contributed by atoms with E-state index < -0.39 is 23.4 Å². The monoisotopic (exact) mass is 387 g/mol. The number of ether oxygens (including phenoxy) is 2. The fraction of sp³-hybridized carbons (Fsp3) is 0.450. The summed E-state index contributed by atoms with van der Waals surface area (Å²) in [7, 11) is 1.57. The lowest BCUT2D eigenvalue weighted by Gasteiger charge is -2.35. The number of rotatable bonds is 3. The largest absolute Gasteiger partial charge is 0.497 e. The SMILES string of the molecule is COc1ccc2c(C(=O)C(=O)N3CCN(C(=O)OC(C)(C)C)CC3)c[nH]c2c1. The van der Waals surface area contributed by atoms with Crippen molar-refractivity contribution in [1.82, 2.24) is 14.8 Å². The number of nitrogens with one attached hydrogen (secondary N) is 1. The van der Waals surface area contributed by atoms with Crippen LogP contribution in [0.25, 0.3) is 10.9 Å². The van der Waals surface area contributed by atoms with Crippen molar-refractivity contribution >= 4 is 28.7 Å². The molecular weight excluding hydrogens is 362 g/mol. The van der Waals surface area contributed by atoms with Gasteiger partial charge in [0.15, 0.2) is 0 Å². The van der Waals surface area contributed by atoms with Crippen molar-refractivity contribution in [3.8, 4) is 5.75 Å². The summed E-state index contributed by atoms with van der Waals surface area (Å²) in [4.78, 5) is 43.6. The van der Waals surface area contributed by atoms with Gasteiger partial charge in [-0.1, -0.05) is 0 Å². The van der Waals surface area contributed by atoms with E-state index in [1.165, 1.54) is 4.90 Å². The zero-order chi connectivity index (χ0) is 20.5. The van der Waals surface area contributed by atoms with E-state index in [0.29, 0.717) is 42.9 Å². The molecule has 1 fully saturated rings. The molecule has 1 aliphatic heterocycles. The van der Waals surface area contributed by atoms with Crippen molar-refractivity contribution in [3.05, 3.63) is 30.0 Å². The van der Waals surface area contributed by atoms with Gasteiger partial charge in [-0.3, -0.25) is 9.59 Å². The molecule has 0 saturated carbocycles. The summed E-state index contributed by atoms with van der Waals surface area (Å²) in [5.74, 6) is -0.472. The average molecular weight is 387 g/mol. The molecule has 0 bridgehead atoms. The zero-order valence-electron chi connectivity index (χ0n) is 16.6. The molecular formula is C20H25N3O5. The van der Waals surface area contributed by atoms with Crippen LogP contribution >= 0.6 is 0 Å². The number of carbonyl (C=O) groups excluding carboxylic acids is 3. The molecule has 2 amide bonds. The molecule has 0 aliphatic carbocycles. The number of benzene rings is 1. The van der Waals surface area contributed by atoms with Gasteiger partial charge in [0, 0.05) is 49.3 Å². The fourth-order valence-corrected chi connectivity index (χ4v) is 3.10. The maximum absolute atomic E-state index is 12.7. The van der Waals surface area contributed by atoms with Crippen molar-refractivity contribution in [2.75, 3.05) is 33.3 Å². The van der Waals surface area contributed by atoms with Gasteiger partial charge in [0.2, 0.25) is 0 Å². The predicted molar refractivity (Wildman–Crippen MR) is 104 cm³/mol. The predicted octanol–water partition coefficient (Wildman–Crippen LogP) is 2.44. The van der Waals surface area contributed by atoms with Crippen molar-refractivity contribution in [2.24, 2.45) is 0 Å². The van der Waals surface area contributed by atoms with Crippen LogP contribution in [0.5, 0.6) is 5.75 Å². The molecule has 0 radical (unpaired) electrons. The van der Waals surface area contributed by atoms with Gasteiger partial charge in [0.25, 0.3) is 11.7 Å². The molecule has 0 unspecified atom stereocenters. The molecule has 1 N–H and O–H groups in total. The Morgan fingerprint density at radius 1 is 1.04 bits per heavy atom. The van der Waals surface area contributed by atoms with E-state index in [0.717, 1.165) is 5.52 Å². The van der Waals surface area contributed by atoms with Crippen LogP contribution in [0.2, 0.25) is 0 Å². The van der Waals surface area contributed by atoms with Crippen LogP contribution in [0.1, 0.15) is 31.1 Å². The second-order valence-electron chi connectivity index (χ2n) is 7.70. The van der Waals surface area contributed by atoms with Gasteiger partial charge in [0.1, 0.15) is 11.4 Å². The van der Waals surface area contributed by atoms with Gasteiger partial charge in [-0.05, 0) is 32.9 Å². The van der Waals surface area contributed by atoms with Crippen LogP contribution in [-0.4, -0.2) is 71.5 Å². The molecule has 0 spiro atoms. The number of piperazine rings is 1. The molecule has 1 aliphatic rings. The van der Waals surface area contributed by atoms with Crippen LogP contribution < -0.4 is 4.74 Å². The molecule has 2 aromatic rings.